The molecule has 0 fully saturated rings. The predicted octanol–water partition coefficient (Wildman–Crippen LogP) is 5.02. The molecule has 0 aliphatic rings. The van der Waals surface area contributed by atoms with Gasteiger partial charge in [0.1, 0.15) is 11.9 Å². The van der Waals surface area contributed by atoms with Crippen molar-refractivity contribution in [2.24, 2.45) is 0 Å². The van der Waals surface area contributed by atoms with Gasteiger partial charge in [-0.15, -0.1) is 0 Å². The van der Waals surface area contributed by atoms with E-state index in [2.05, 4.69) is 0 Å². The highest BCUT2D eigenvalue weighted by Crippen LogP contribution is 2.31. The van der Waals surface area contributed by atoms with Crippen LogP contribution in [0.15, 0.2) is 54.6 Å². The Balaban J connectivity index is 2.15. The molecule has 0 radical (unpaired) electrons. The van der Waals surface area contributed by atoms with Crippen LogP contribution in [0.3, 0.4) is 0 Å². The number of aryl methyl sites for hydroxylation is 1. The molecule has 1 atom stereocenters. The Morgan fingerprint density at radius 1 is 1.00 bits per heavy atom. The number of hydrogen-bond donors (Lipinski definition) is 1. The summed E-state index contributed by atoms with van der Waals surface area (Å²) in [6, 6.07) is 15.6. The second-order valence-corrected chi connectivity index (χ2v) is 5.50. The van der Waals surface area contributed by atoms with Gasteiger partial charge in [-0.2, -0.15) is 0 Å². The lowest BCUT2D eigenvalue weighted by Gasteiger charge is -2.15. The summed E-state index contributed by atoms with van der Waals surface area (Å²) in [5, 5.41) is 12.4. The van der Waals surface area contributed by atoms with Gasteiger partial charge in [-0.05, 0) is 41.1 Å². The molecule has 0 spiro atoms. The predicted molar refractivity (Wildman–Crippen MR) is 84.2 cm³/mol. The second-order valence-electron chi connectivity index (χ2n) is 5.09. The molecular formula is C18H14ClFO. The van der Waals surface area contributed by atoms with Crippen molar-refractivity contribution in [3.63, 3.8) is 0 Å². The molecule has 0 heterocycles. The minimum Gasteiger partial charge on any atom is -0.384 e. The van der Waals surface area contributed by atoms with Gasteiger partial charge in [0.25, 0.3) is 0 Å². The minimum atomic E-state index is -0.839. The Kier molecular flexibility index (Phi) is 3.66. The normalized spacial score (nSPS) is 12.6. The highest BCUT2D eigenvalue weighted by Gasteiger charge is 2.15. The van der Waals surface area contributed by atoms with E-state index in [0.29, 0.717) is 26.9 Å². The molecule has 3 aromatic rings. The van der Waals surface area contributed by atoms with Gasteiger partial charge in [-0.3, -0.25) is 0 Å². The molecule has 3 heteroatoms. The zero-order chi connectivity index (χ0) is 15.0. The van der Waals surface area contributed by atoms with E-state index >= 15 is 0 Å². The smallest absolute Gasteiger partial charge is 0.131 e. The van der Waals surface area contributed by atoms with Crippen molar-refractivity contribution in [2.45, 2.75) is 13.0 Å². The van der Waals surface area contributed by atoms with Crippen LogP contribution in [0.25, 0.3) is 10.8 Å². The minimum absolute atomic E-state index is 0.288. The van der Waals surface area contributed by atoms with Crippen LogP contribution in [0, 0.1) is 12.7 Å². The van der Waals surface area contributed by atoms with Crippen LogP contribution in [0.1, 0.15) is 22.8 Å². The number of rotatable bonds is 2. The number of aliphatic hydroxyl groups is 1. The van der Waals surface area contributed by atoms with Crippen LogP contribution in [-0.2, 0) is 0 Å². The number of hydrogen-bond acceptors (Lipinski definition) is 1. The monoisotopic (exact) mass is 300 g/mol. The van der Waals surface area contributed by atoms with Crippen LogP contribution >= 0.6 is 11.6 Å². The van der Waals surface area contributed by atoms with Gasteiger partial charge in [0.05, 0.1) is 0 Å². The van der Waals surface area contributed by atoms with Gasteiger partial charge < -0.3 is 5.11 Å². The molecule has 1 nitrogen and oxygen atoms in total. The summed E-state index contributed by atoms with van der Waals surface area (Å²) in [4.78, 5) is 0. The standard InChI is InChI=1S/C18H14ClFO/c1-11-6-7-12(10-16(11)19)18(21)15-8-9-17(20)14-5-3-2-4-13(14)15/h2-10,18,21H,1H3. The molecule has 0 amide bonds. The fraction of sp³-hybridized carbons (Fsp3) is 0.111. The van der Waals surface area contributed by atoms with Crippen LogP contribution in [0.4, 0.5) is 4.39 Å². The van der Waals surface area contributed by atoms with E-state index in [0.717, 1.165) is 5.56 Å². The van der Waals surface area contributed by atoms with Crippen molar-refractivity contribution in [1.29, 1.82) is 0 Å². The molecule has 0 aliphatic heterocycles. The summed E-state index contributed by atoms with van der Waals surface area (Å²) in [6.45, 7) is 1.91. The number of benzene rings is 3. The number of halogens is 2. The lowest BCUT2D eigenvalue weighted by atomic mass is 9.95. The summed E-state index contributed by atoms with van der Waals surface area (Å²) in [5.41, 5.74) is 2.32. The first-order valence-corrected chi connectivity index (χ1v) is 7.07. The third-order valence-electron chi connectivity index (χ3n) is 3.71. The summed E-state index contributed by atoms with van der Waals surface area (Å²) < 4.78 is 13.8. The van der Waals surface area contributed by atoms with Gasteiger partial charge in [0.15, 0.2) is 0 Å². The number of aliphatic hydroxyl groups excluding tert-OH is 1. The molecule has 0 aliphatic carbocycles. The van der Waals surface area contributed by atoms with Gasteiger partial charge in [-0.25, -0.2) is 4.39 Å². The number of fused-ring (bicyclic) bond motifs is 1. The second kappa shape index (κ2) is 5.47. The van der Waals surface area contributed by atoms with E-state index in [4.69, 9.17) is 11.6 Å². The molecule has 3 rings (SSSR count). The largest absolute Gasteiger partial charge is 0.384 e. The SMILES string of the molecule is Cc1ccc(C(O)c2ccc(F)c3ccccc23)cc1Cl. The Bertz CT molecular complexity index is 813. The first-order valence-electron chi connectivity index (χ1n) is 6.69. The Morgan fingerprint density at radius 3 is 2.43 bits per heavy atom. The summed E-state index contributed by atoms with van der Waals surface area (Å²) in [7, 11) is 0. The van der Waals surface area contributed by atoms with Crippen molar-refractivity contribution in [3.8, 4) is 0 Å². The van der Waals surface area contributed by atoms with Crippen molar-refractivity contribution < 1.29 is 9.50 Å². The van der Waals surface area contributed by atoms with E-state index in [-0.39, 0.29) is 5.82 Å². The lowest BCUT2D eigenvalue weighted by molar-refractivity contribution is 0.222. The molecule has 0 saturated heterocycles. The van der Waals surface area contributed by atoms with Crippen LogP contribution in [-0.4, -0.2) is 5.11 Å². The van der Waals surface area contributed by atoms with E-state index < -0.39 is 6.10 Å². The fourth-order valence-corrected chi connectivity index (χ4v) is 2.67. The van der Waals surface area contributed by atoms with Crippen molar-refractivity contribution in [2.75, 3.05) is 0 Å². The van der Waals surface area contributed by atoms with Crippen LogP contribution in [0.5, 0.6) is 0 Å². The third kappa shape index (κ3) is 2.53. The van der Waals surface area contributed by atoms with Crippen molar-refractivity contribution >= 4 is 22.4 Å². The maximum absolute atomic E-state index is 13.8. The third-order valence-corrected chi connectivity index (χ3v) is 4.12. The molecule has 3 aromatic carbocycles. The molecule has 0 aromatic heterocycles. The Morgan fingerprint density at radius 2 is 1.71 bits per heavy atom. The molecule has 21 heavy (non-hydrogen) atoms. The maximum Gasteiger partial charge on any atom is 0.131 e. The molecule has 106 valence electrons. The van der Waals surface area contributed by atoms with Gasteiger partial charge in [0.2, 0.25) is 0 Å². The zero-order valence-electron chi connectivity index (χ0n) is 11.5. The van der Waals surface area contributed by atoms with E-state index in [1.54, 1.807) is 24.3 Å². The quantitative estimate of drug-likeness (QED) is 0.704. The van der Waals surface area contributed by atoms with Crippen LogP contribution in [0.2, 0.25) is 5.02 Å². The highest BCUT2D eigenvalue weighted by atomic mass is 35.5. The van der Waals surface area contributed by atoms with Crippen molar-refractivity contribution in [3.05, 3.63) is 82.1 Å². The average molecular weight is 301 g/mol. The van der Waals surface area contributed by atoms with Gasteiger partial charge in [-0.1, -0.05) is 54.1 Å². The van der Waals surface area contributed by atoms with E-state index in [9.17, 15) is 9.50 Å². The average Bonchev–Trinajstić information content (AvgIpc) is 2.50. The van der Waals surface area contributed by atoms with E-state index in [1.807, 2.05) is 31.2 Å². The Labute approximate surface area is 127 Å². The zero-order valence-corrected chi connectivity index (χ0v) is 12.2. The topological polar surface area (TPSA) is 20.2 Å². The van der Waals surface area contributed by atoms with Crippen molar-refractivity contribution in [1.82, 2.24) is 0 Å². The maximum atomic E-state index is 13.8. The lowest BCUT2D eigenvalue weighted by Crippen LogP contribution is -2.01. The summed E-state index contributed by atoms with van der Waals surface area (Å²) >= 11 is 6.12. The van der Waals surface area contributed by atoms with Gasteiger partial charge >= 0.3 is 0 Å². The van der Waals surface area contributed by atoms with Gasteiger partial charge in [0, 0.05) is 10.4 Å². The molecular weight excluding hydrogens is 287 g/mol. The Hall–Kier alpha value is -1.90. The molecule has 0 saturated carbocycles. The summed E-state index contributed by atoms with van der Waals surface area (Å²) in [6.07, 6.45) is -0.839. The first kappa shape index (κ1) is 14.1. The fourth-order valence-electron chi connectivity index (χ4n) is 2.48. The molecule has 0 bridgehead atoms. The highest BCUT2D eigenvalue weighted by molar-refractivity contribution is 6.31. The van der Waals surface area contributed by atoms with E-state index in [1.165, 1.54) is 6.07 Å². The summed E-state index contributed by atoms with van der Waals surface area (Å²) in [5.74, 6) is -0.288. The molecule has 1 N–H and O–H groups in total. The first-order chi connectivity index (χ1) is 10.1. The molecule has 1 unspecified atom stereocenters. The van der Waals surface area contributed by atoms with Crippen LogP contribution < -0.4 is 0 Å².